The fourth-order valence-corrected chi connectivity index (χ4v) is 0.547. The van der Waals surface area contributed by atoms with Gasteiger partial charge in [0, 0.05) is 21.0 Å². The number of ether oxygens (including phenoxy) is 2. The lowest BCUT2D eigenvalue weighted by molar-refractivity contribution is -0.214. The summed E-state index contributed by atoms with van der Waals surface area (Å²) in [7, 11) is 1.52. The molecule has 0 bridgehead atoms. The Morgan fingerprint density at radius 3 is 2.00 bits per heavy atom. The lowest BCUT2D eigenvalue weighted by atomic mass is 9.90. The molecule has 0 aromatic carbocycles. The van der Waals surface area contributed by atoms with Crippen molar-refractivity contribution in [2.45, 2.75) is 46.8 Å². The summed E-state index contributed by atoms with van der Waals surface area (Å²) in [5.74, 6) is -1.05. The maximum Gasteiger partial charge on any atom is 0.313 e. The largest absolute Gasteiger partial charge is 0.433 e. The molecule has 0 atom stereocenters. The molecule has 0 fully saturated rings. The molecule has 0 aliphatic rings. The van der Waals surface area contributed by atoms with Crippen LogP contribution in [0.15, 0.2) is 0 Å². The molecule has 0 heterocycles. The molecule has 0 saturated heterocycles. The van der Waals surface area contributed by atoms with Crippen LogP contribution in [0.2, 0.25) is 0 Å². The van der Waals surface area contributed by atoms with Crippen LogP contribution in [0, 0.1) is 5.41 Å². The van der Waals surface area contributed by atoms with E-state index in [0.717, 1.165) is 6.42 Å². The van der Waals surface area contributed by atoms with E-state index in [-0.39, 0.29) is 5.97 Å². The summed E-state index contributed by atoms with van der Waals surface area (Å²) in [6.07, 6.45) is 0.756. The molecule has 13 heavy (non-hydrogen) atoms. The summed E-state index contributed by atoms with van der Waals surface area (Å²) in [5, 5.41) is 0. The fraction of sp³-hybridized carbons (Fsp3) is 0.900. The molecule has 0 rings (SSSR count). The molecular weight excluding hydrogens is 168 g/mol. The smallest absolute Gasteiger partial charge is 0.313 e. The van der Waals surface area contributed by atoms with Gasteiger partial charge in [-0.25, -0.2) is 0 Å². The Hall–Kier alpha value is -0.570. The van der Waals surface area contributed by atoms with Crippen LogP contribution < -0.4 is 0 Å². The van der Waals surface area contributed by atoms with E-state index in [2.05, 4.69) is 0 Å². The number of esters is 1. The first-order chi connectivity index (χ1) is 5.75. The molecule has 0 aliphatic heterocycles. The number of rotatable bonds is 4. The van der Waals surface area contributed by atoms with Crippen LogP contribution in [0.1, 0.15) is 41.0 Å². The third-order valence-electron chi connectivity index (χ3n) is 2.27. The third kappa shape index (κ3) is 3.77. The van der Waals surface area contributed by atoms with Crippen molar-refractivity contribution in [2.75, 3.05) is 7.11 Å². The monoisotopic (exact) mass is 188 g/mol. The van der Waals surface area contributed by atoms with Gasteiger partial charge in [-0.3, -0.25) is 4.79 Å². The highest BCUT2D eigenvalue weighted by molar-refractivity contribution is 5.76. The van der Waals surface area contributed by atoms with Gasteiger partial charge in [-0.1, -0.05) is 6.92 Å². The minimum absolute atomic E-state index is 0.221. The van der Waals surface area contributed by atoms with E-state index in [1.54, 1.807) is 13.8 Å². The molecule has 0 N–H and O–H groups in total. The van der Waals surface area contributed by atoms with Crippen LogP contribution in [0.4, 0.5) is 0 Å². The van der Waals surface area contributed by atoms with E-state index in [9.17, 15) is 4.79 Å². The molecule has 0 saturated carbocycles. The van der Waals surface area contributed by atoms with Gasteiger partial charge in [0.25, 0.3) is 0 Å². The molecule has 0 radical (unpaired) electrons. The van der Waals surface area contributed by atoms with Crippen molar-refractivity contribution in [3.05, 3.63) is 0 Å². The van der Waals surface area contributed by atoms with Crippen molar-refractivity contribution in [1.82, 2.24) is 0 Å². The van der Waals surface area contributed by atoms with Crippen molar-refractivity contribution >= 4 is 5.97 Å². The van der Waals surface area contributed by atoms with Crippen LogP contribution in [0.25, 0.3) is 0 Å². The minimum Gasteiger partial charge on any atom is -0.433 e. The molecular formula is C10H20O3. The molecule has 3 heteroatoms. The molecule has 0 aromatic rings. The fourth-order valence-electron chi connectivity index (χ4n) is 0.547. The molecule has 78 valence electrons. The van der Waals surface area contributed by atoms with Gasteiger partial charge in [0.05, 0.1) is 5.41 Å². The summed E-state index contributed by atoms with van der Waals surface area (Å²) in [5.41, 5.74) is -0.435. The average molecular weight is 188 g/mol. The Morgan fingerprint density at radius 1 is 1.23 bits per heavy atom. The van der Waals surface area contributed by atoms with Gasteiger partial charge >= 0.3 is 5.97 Å². The third-order valence-corrected chi connectivity index (χ3v) is 2.27. The first-order valence-corrected chi connectivity index (χ1v) is 4.54. The maximum absolute atomic E-state index is 11.6. The number of carbonyl (C=O) groups excluding carboxylic acids is 1. The van der Waals surface area contributed by atoms with Crippen molar-refractivity contribution in [3.63, 3.8) is 0 Å². The Balaban J connectivity index is 4.31. The number of hydrogen-bond donors (Lipinski definition) is 0. The van der Waals surface area contributed by atoms with Crippen LogP contribution in [-0.2, 0) is 14.3 Å². The predicted molar refractivity (Wildman–Crippen MR) is 51.3 cm³/mol. The van der Waals surface area contributed by atoms with Crippen molar-refractivity contribution in [1.29, 1.82) is 0 Å². The topological polar surface area (TPSA) is 35.5 Å². The molecule has 0 unspecified atom stereocenters. The molecule has 0 aliphatic carbocycles. The summed E-state index contributed by atoms with van der Waals surface area (Å²) < 4.78 is 10.2. The van der Waals surface area contributed by atoms with E-state index in [1.165, 1.54) is 7.11 Å². The zero-order valence-corrected chi connectivity index (χ0v) is 9.43. The zero-order valence-electron chi connectivity index (χ0n) is 9.43. The highest BCUT2D eigenvalue weighted by atomic mass is 16.7. The second-order valence-corrected chi connectivity index (χ2v) is 4.23. The summed E-state index contributed by atoms with van der Waals surface area (Å²) >= 11 is 0. The molecule has 0 spiro atoms. The van der Waals surface area contributed by atoms with Crippen LogP contribution >= 0.6 is 0 Å². The van der Waals surface area contributed by atoms with Crippen molar-refractivity contribution in [3.8, 4) is 0 Å². The van der Waals surface area contributed by atoms with E-state index in [4.69, 9.17) is 9.47 Å². The quantitative estimate of drug-likeness (QED) is 0.502. The second kappa shape index (κ2) is 4.09. The van der Waals surface area contributed by atoms with Gasteiger partial charge in [-0.2, -0.15) is 0 Å². The Bertz CT molecular complexity index is 183. The molecule has 3 nitrogen and oxygen atoms in total. The van der Waals surface area contributed by atoms with Crippen LogP contribution in [-0.4, -0.2) is 18.9 Å². The Morgan fingerprint density at radius 2 is 1.69 bits per heavy atom. The molecule has 0 aromatic heterocycles. The van der Waals surface area contributed by atoms with E-state index >= 15 is 0 Å². The SMILES string of the molecule is CCC(C)(C)C(=O)OC(C)(C)OC. The summed E-state index contributed by atoms with van der Waals surface area (Å²) in [6, 6.07) is 0. The normalized spacial score (nSPS) is 12.8. The highest BCUT2D eigenvalue weighted by Gasteiger charge is 2.32. The Labute approximate surface area is 80.4 Å². The van der Waals surface area contributed by atoms with Gasteiger partial charge in [0.2, 0.25) is 5.79 Å². The minimum atomic E-state index is -0.830. The number of methoxy groups -OCH3 is 1. The standard InChI is InChI=1S/C10H20O3/c1-7-9(2,3)8(11)13-10(4,5)12-6/h7H2,1-6H3. The number of carbonyl (C=O) groups is 1. The van der Waals surface area contributed by atoms with E-state index < -0.39 is 11.2 Å². The first kappa shape index (κ1) is 12.4. The highest BCUT2D eigenvalue weighted by Crippen LogP contribution is 2.24. The second-order valence-electron chi connectivity index (χ2n) is 4.23. The van der Waals surface area contributed by atoms with Crippen molar-refractivity contribution < 1.29 is 14.3 Å². The predicted octanol–water partition coefficient (Wildman–Crippen LogP) is 2.35. The average Bonchev–Trinajstić information content (AvgIpc) is 2.04. The summed E-state index contributed by atoms with van der Waals surface area (Å²) in [4.78, 5) is 11.6. The van der Waals surface area contributed by atoms with Gasteiger partial charge in [-0.05, 0) is 20.3 Å². The van der Waals surface area contributed by atoms with Gasteiger partial charge < -0.3 is 9.47 Å². The van der Waals surface area contributed by atoms with Crippen molar-refractivity contribution in [2.24, 2.45) is 5.41 Å². The lowest BCUT2D eigenvalue weighted by Gasteiger charge is -2.28. The first-order valence-electron chi connectivity index (χ1n) is 4.54. The van der Waals surface area contributed by atoms with Gasteiger partial charge in [0.1, 0.15) is 0 Å². The van der Waals surface area contributed by atoms with Crippen LogP contribution in [0.3, 0.4) is 0 Å². The molecule has 0 amide bonds. The van der Waals surface area contributed by atoms with E-state index in [1.807, 2.05) is 20.8 Å². The maximum atomic E-state index is 11.6. The van der Waals surface area contributed by atoms with E-state index in [0.29, 0.717) is 0 Å². The summed E-state index contributed by atoms with van der Waals surface area (Å²) in [6.45, 7) is 9.12. The van der Waals surface area contributed by atoms with Crippen LogP contribution in [0.5, 0.6) is 0 Å². The zero-order chi connectivity index (χ0) is 10.7. The lowest BCUT2D eigenvalue weighted by Crippen LogP contribution is -2.36. The Kier molecular flexibility index (Phi) is 3.91. The number of hydrogen-bond acceptors (Lipinski definition) is 3. The van der Waals surface area contributed by atoms with Gasteiger partial charge in [0.15, 0.2) is 0 Å². The van der Waals surface area contributed by atoms with Gasteiger partial charge in [-0.15, -0.1) is 0 Å².